The van der Waals surface area contributed by atoms with E-state index in [1.54, 1.807) is 38.1 Å². The first-order chi connectivity index (χ1) is 15.9. The summed E-state index contributed by atoms with van der Waals surface area (Å²) in [6.45, 7) is 7.52. The molecule has 178 valence electrons. The first-order valence-electron chi connectivity index (χ1n) is 11.2. The van der Waals surface area contributed by atoms with Gasteiger partial charge in [-0.05, 0) is 50.3 Å². The van der Waals surface area contributed by atoms with Crippen LogP contribution in [0, 0.1) is 0 Å². The van der Waals surface area contributed by atoms with Crippen LogP contribution in [0.3, 0.4) is 0 Å². The fourth-order valence-electron chi connectivity index (χ4n) is 3.98. The fourth-order valence-corrected chi connectivity index (χ4v) is 3.98. The number of rotatable bonds is 9. The zero-order chi connectivity index (χ0) is 24.0. The molecular formula is C24H31N3O6. The topological polar surface area (TPSA) is 120 Å². The van der Waals surface area contributed by atoms with Crippen molar-refractivity contribution < 1.29 is 28.7 Å². The van der Waals surface area contributed by atoms with Gasteiger partial charge in [-0.3, -0.25) is 14.5 Å². The number of nitrogens with two attached hydrogens (primary N) is 1. The van der Waals surface area contributed by atoms with Crippen molar-refractivity contribution in [3.63, 3.8) is 0 Å². The molecule has 3 N–H and O–H groups in total. The molecule has 33 heavy (non-hydrogen) atoms. The summed E-state index contributed by atoms with van der Waals surface area (Å²) < 4.78 is 10.3. The van der Waals surface area contributed by atoms with E-state index in [9.17, 15) is 14.4 Å². The minimum absolute atomic E-state index is 0.0247. The second-order valence-electron chi connectivity index (χ2n) is 7.84. The van der Waals surface area contributed by atoms with Crippen molar-refractivity contribution in [2.75, 3.05) is 32.0 Å². The van der Waals surface area contributed by atoms with Gasteiger partial charge in [0.25, 0.3) is 0 Å². The standard InChI is InChI=1S/C24H31N3O6/c1-4-31-23(29)20-17-10-8-16(9-11-18(17)21(22(20)25)24(30)32-5-2)14-19(28)26-33-15(3)27-12-6-7-13-27/h8-11,15H,4-7,12-14,25H2,1-3H3,(H,26,28). The highest BCUT2D eigenvalue weighted by atomic mass is 16.7. The third-order valence-electron chi connectivity index (χ3n) is 5.62. The molecule has 0 aromatic carbocycles. The van der Waals surface area contributed by atoms with Gasteiger partial charge in [0.1, 0.15) is 6.23 Å². The SMILES string of the molecule is CCOC(=O)c1c2ccc(CC(=O)NOC(C)N3CCCC3)ccc-2c(C(=O)OCC)c1N. The van der Waals surface area contributed by atoms with Gasteiger partial charge in [-0.2, -0.15) is 0 Å². The number of fused-ring (bicyclic) bond motifs is 1. The first kappa shape index (κ1) is 24.5. The van der Waals surface area contributed by atoms with Crippen molar-refractivity contribution >= 4 is 23.5 Å². The Morgan fingerprint density at radius 2 is 1.48 bits per heavy atom. The third kappa shape index (κ3) is 5.61. The van der Waals surface area contributed by atoms with Crippen LogP contribution in [-0.2, 0) is 25.5 Å². The van der Waals surface area contributed by atoms with Crippen LogP contribution in [-0.4, -0.2) is 55.3 Å². The number of esters is 2. The molecule has 0 radical (unpaired) electrons. The number of nitrogens with one attached hydrogen (secondary N) is 1. The first-order valence-corrected chi connectivity index (χ1v) is 11.2. The second-order valence-corrected chi connectivity index (χ2v) is 7.84. The Hall–Kier alpha value is -3.17. The normalized spacial score (nSPS) is 14.8. The Morgan fingerprint density at radius 1 is 0.970 bits per heavy atom. The Balaban J connectivity index is 1.83. The molecule has 0 spiro atoms. The smallest absolute Gasteiger partial charge is 0.340 e. The van der Waals surface area contributed by atoms with E-state index in [0.717, 1.165) is 25.9 Å². The van der Waals surface area contributed by atoms with Crippen molar-refractivity contribution in [1.82, 2.24) is 10.4 Å². The van der Waals surface area contributed by atoms with Crippen LogP contribution in [0.15, 0.2) is 24.3 Å². The van der Waals surface area contributed by atoms with Crippen LogP contribution in [0.2, 0.25) is 0 Å². The Kier molecular flexibility index (Phi) is 8.24. The minimum atomic E-state index is -0.620. The van der Waals surface area contributed by atoms with E-state index in [4.69, 9.17) is 20.0 Å². The van der Waals surface area contributed by atoms with Crippen molar-refractivity contribution in [2.45, 2.75) is 46.3 Å². The molecule has 1 saturated heterocycles. The molecule has 1 unspecified atom stereocenters. The maximum Gasteiger partial charge on any atom is 0.340 e. The van der Waals surface area contributed by atoms with E-state index in [-0.39, 0.29) is 48.6 Å². The average molecular weight is 458 g/mol. The Bertz CT molecular complexity index is 931. The molecule has 1 fully saturated rings. The number of nitrogen functional groups attached to an aromatic ring is 1. The van der Waals surface area contributed by atoms with Gasteiger partial charge in [0.2, 0.25) is 5.91 Å². The van der Waals surface area contributed by atoms with Crippen molar-refractivity contribution in [3.05, 3.63) is 41.0 Å². The number of ether oxygens (including phenoxy) is 2. The van der Waals surface area contributed by atoms with Gasteiger partial charge in [-0.25, -0.2) is 15.1 Å². The zero-order valence-corrected chi connectivity index (χ0v) is 19.3. The lowest BCUT2D eigenvalue weighted by molar-refractivity contribution is -0.147. The van der Waals surface area contributed by atoms with Crippen LogP contribution >= 0.6 is 0 Å². The van der Waals surface area contributed by atoms with Gasteiger partial charge in [0.15, 0.2) is 0 Å². The molecule has 2 aliphatic carbocycles. The van der Waals surface area contributed by atoms with Gasteiger partial charge >= 0.3 is 11.9 Å². The van der Waals surface area contributed by atoms with E-state index >= 15 is 0 Å². The number of likely N-dealkylation sites (tertiary alicyclic amines) is 1. The molecule has 0 saturated carbocycles. The molecule has 1 amide bonds. The van der Waals surface area contributed by atoms with Crippen LogP contribution in [0.4, 0.5) is 5.69 Å². The van der Waals surface area contributed by atoms with Gasteiger partial charge in [0.05, 0.1) is 36.4 Å². The molecule has 0 bridgehead atoms. The number of hydrogen-bond acceptors (Lipinski definition) is 8. The van der Waals surface area contributed by atoms with E-state index in [1.807, 2.05) is 6.92 Å². The van der Waals surface area contributed by atoms with Crippen LogP contribution in [0.5, 0.6) is 0 Å². The summed E-state index contributed by atoms with van der Waals surface area (Å²) in [4.78, 5) is 45.2. The summed E-state index contributed by atoms with van der Waals surface area (Å²) in [5, 5.41) is 0. The molecule has 1 atom stereocenters. The van der Waals surface area contributed by atoms with Crippen molar-refractivity contribution in [2.24, 2.45) is 0 Å². The average Bonchev–Trinajstić information content (AvgIpc) is 3.36. The summed E-state index contributed by atoms with van der Waals surface area (Å²) in [6, 6.07) is 6.75. The van der Waals surface area contributed by atoms with Gasteiger partial charge < -0.3 is 15.2 Å². The predicted octanol–water partition coefficient (Wildman–Crippen LogP) is 2.76. The lowest BCUT2D eigenvalue weighted by Gasteiger charge is -2.23. The van der Waals surface area contributed by atoms with Gasteiger partial charge in [-0.15, -0.1) is 0 Å². The van der Waals surface area contributed by atoms with Gasteiger partial charge in [-0.1, -0.05) is 24.3 Å². The van der Waals surface area contributed by atoms with E-state index in [0.29, 0.717) is 16.7 Å². The largest absolute Gasteiger partial charge is 0.462 e. The Labute approximate surface area is 193 Å². The summed E-state index contributed by atoms with van der Waals surface area (Å²) in [6.07, 6.45) is 2.12. The molecule has 1 heterocycles. The summed E-state index contributed by atoms with van der Waals surface area (Å²) in [5.74, 6) is -1.54. The highest BCUT2D eigenvalue weighted by Gasteiger charge is 2.30. The fraction of sp³-hybridized carbons (Fsp3) is 0.458. The highest BCUT2D eigenvalue weighted by molar-refractivity contribution is 6.15. The lowest BCUT2D eigenvalue weighted by Crippen LogP contribution is -2.39. The molecular weight excluding hydrogens is 426 g/mol. The third-order valence-corrected chi connectivity index (χ3v) is 5.62. The molecule has 3 aliphatic rings. The van der Waals surface area contributed by atoms with E-state index in [2.05, 4.69) is 10.4 Å². The number of hydroxylamine groups is 1. The molecule has 3 rings (SSSR count). The molecule has 9 nitrogen and oxygen atoms in total. The molecule has 0 aromatic rings. The van der Waals surface area contributed by atoms with E-state index in [1.165, 1.54) is 0 Å². The summed E-state index contributed by atoms with van der Waals surface area (Å²) in [5.41, 5.74) is 10.5. The number of amides is 1. The van der Waals surface area contributed by atoms with E-state index < -0.39 is 11.9 Å². The summed E-state index contributed by atoms with van der Waals surface area (Å²) in [7, 11) is 0. The number of hydrogen-bond donors (Lipinski definition) is 2. The van der Waals surface area contributed by atoms with Crippen molar-refractivity contribution in [1.29, 1.82) is 0 Å². The number of nitrogens with zero attached hydrogens (tertiary/aromatic N) is 1. The van der Waals surface area contributed by atoms with Crippen LogP contribution < -0.4 is 11.2 Å². The molecule has 1 aliphatic heterocycles. The number of carbonyl (C=O) groups excluding carboxylic acids is 3. The lowest BCUT2D eigenvalue weighted by atomic mass is 10.1. The van der Waals surface area contributed by atoms with Gasteiger partial charge in [0, 0.05) is 13.1 Å². The maximum absolute atomic E-state index is 12.6. The van der Waals surface area contributed by atoms with Crippen LogP contribution in [0.1, 0.15) is 59.9 Å². The predicted molar refractivity (Wildman–Crippen MR) is 123 cm³/mol. The molecule has 9 heteroatoms. The monoisotopic (exact) mass is 457 g/mol. The van der Waals surface area contributed by atoms with Crippen molar-refractivity contribution in [3.8, 4) is 11.1 Å². The number of anilines is 1. The summed E-state index contributed by atoms with van der Waals surface area (Å²) >= 11 is 0. The molecule has 0 aromatic heterocycles. The minimum Gasteiger partial charge on any atom is -0.462 e. The number of carbonyl (C=O) groups is 3. The maximum atomic E-state index is 12.6. The highest BCUT2D eigenvalue weighted by Crippen LogP contribution is 2.39. The van der Waals surface area contributed by atoms with Crippen LogP contribution in [0.25, 0.3) is 11.1 Å². The Morgan fingerprint density at radius 3 is 1.97 bits per heavy atom. The zero-order valence-electron chi connectivity index (χ0n) is 19.3. The quantitative estimate of drug-likeness (QED) is 0.436. The second kappa shape index (κ2) is 11.1.